The summed E-state index contributed by atoms with van der Waals surface area (Å²) < 4.78 is 6.57. The Morgan fingerprint density at radius 1 is 1.17 bits per heavy atom. The number of para-hydroxylation sites is 1. The third-order valence-electron chi connectivity index (χ3n) is 3.36. The van der Waals surface area contributed by atoms with Gasteiger partial charge in [-0.05, 0) is 40.3 Å². The summed E-state index contributed by atoms with van der Waals surface area (Å²) in [6, 6.07) is 14.7. The number of nitrogens with zero attached hydrogens (tertiary/aromatic N) is 4. The van der Waals surface area contributed by atoms with E-state index < -0.39 is 0 Å². The first kappa shape index (κ1) is 14.7. The highest BCUT2D eigenvalue weighted by molar-refractivity contribution is 5.97. The normalized spacial score (nSPS) is 10.3. The van der Waals surface area contributed by atoms with Crippen molar-refractivity contribution in [3.05, 3.63) is 66.0 Å². The van der Waals surface area contributed by atoms with E-state index in [1.54, 1.807) is 25.3 Å². The number of methoxy groups -OCH3 is 1. The van der Waals surface area contributed by atoms with Crippen LogP contribution in [0, 0.1) is 0 Å². The zero-order chi connectivity index (χ0) is 16.1. The highest BCUT2D eigenvalue weighted by atomic mass is 16.5. The second-order valence-electron chi connectivity index (χ2n) is 4.80. The van der Waals surface area contributed by atoms with Crippen molar-refractivity contribution < 1.29 is 9.53 Å². The van der Waals surface area contributed by atoms with Crippen LogP contribution in [0.3, 0.4) is 0 Å². The molecule has 0 atom stereocenters. The molecule has 0 saturated heterocycles. The van der Waals surface area contributed by atoms with E-state index in [9.17, 15) is 4.79 Å². The summed E-state index contributed by atoms with van der Waals surface area (Å²) in [6.45, 7) is 0.423. The fourth-order valence-corrected chi connectivity index (χ4v) is 2.16. The van der Waals surface area contributed by atoms with Gasteiger partial charge in [-0.3, -0.25) is 4.79 Å². The van der Waals surface area contributed by atoms with E-state index >= 15 is 0 Å². The molecule has 23 heavy (non-hydrogen) atoms. The molecule has 0 aliphatic rings. The molecule has 3 aromatic rings. The van der Waals surface area contributed by atoms with Crippen LogP contribution >= 0.6 is 0 Å². The number of benzene rings is 2. The van der Waals surface area contributed by atoms with E-state index in [1.807, 2.05) is 30.3 Å². The molecular weight excluding hydrogens is 294 g/mol. The highest BCUT2D eigenvalue weighted by Crippen LogP contribution is 2.14. The summed E-state index contributed by atoms with van der Waals surface area (Å²) in [5.74, 6) is 0.594. The van der Waals surface area contributed by atoms with E-state index in [0.29, 0.717) is 17.8 Å². The molecule has 1 N–H and O–H groups in total. The number of carbonyl (C=O) groups is 1. The Kier molecular flexibility index (Phi) is 4.28. The van der Waals surface area contributed by atoms with Crippen molar-refractivity contribution in [3.63, 3.8) is 0 Å². The molecule has 1 aromatic heterocycles. The predicted octanol–water partition coefficient (Wildman–Crippen LogP) is 1.60. The molecule has 0 radical (unpaired) electrons. The fraction of sp³-hybridized carbons (Fsp3) is 0.125. The van der Waals surface area contributed by atoms with Crippen molar-refractivity contribution >= 4 is 5.91 Å². The lowest BCUT2D eigenvalue weighted by molar-refractivity contribution is 0.0950. The smallest absolute Gasteiger partial charge is 0.253 e. The second kappa shape index (κ2) is 6.69. The summed E-state index contributed by atoms with van der Waals surface area (Å²) in [6.07, 6.45) is 1.45. The Hall–Kier alpha value is -3.22. The molecule has 7 nitrogen and oxygen atoms in total. The van der Waals surface area contributed by atoms with Crippen LogP contribution in [-0.2, 0) is 6.54 Å². The van der Waals surface area contributed by atoms with Gasteiger partial charge in [0, 0.05) is 6.54 Å². The van der Waals surface area contributed by atoms with Gasteiger partial charge in [0.15, 0.2) is 0 Å². The van der Waals surface area contributed by atoms with Gasteiger partial charge >= 0.3 is 0 Å². The Bertz CT molecular complexity index is 784. The lowest BCUT2D eigenvalue weighted by Gasteiger charge is -2.09. The zero-order valence-corrected chi connectivity index (χ0v) is 12.5. The molecule has 0 spiro atoms. The SMILES string of the molecule is COc1ccc(CNC(=O)c2ccccc2-n2cnnn2)cc1. The van der Waals surface area contributed by atoms with Crippen molar-refractivity contribution in [2.75, 3.05) is 7.11 Å². The minimum Gasteiger partial charge on any atom is -0.497 e. The summed E-state index contributed by atoms with van der Waals surface area (Å²) in [5, 5.41) is 13.9. The van der Waals surface area contributed by atoms with E-state index in [4.69, 9.17) is 4.74 Å². The topological polar surface area (TPSA) is 81.9 Å². The largest absolute Gasteiger partial charge is 0.497 e. The summed E-state index contributed by atoms with van der Waals surface area (Å²) >= 11 is 0. The Morgan fingerprint density at radius 2 is 1.96 bits per heavy atom. The number of ether oxygens (including phenoxy) is 1. The highest BCUT2D eigenvalue weighted by Gasteiger charge is 2.12. The van der Waals surface area contributed by atoms with Gasteiger partial charge in [0.1, 0.15) is 12.1 Å². The van der Waals surface area contributed by atoms with Gasteiger partial charge < -0.3 is 10.1 Å². The number of nitrogens with one attached hydrogen (secondary N) is 1. The van der Waals surface area contributed by atoms with Gasteiger partial charge in [0.05, 0.1) is 18.4 Å². The number of tetrazole rings is 1. The summed E-state index contributed by atoms with van der Waals surface area (Å²) in [4.78, 5) is 12.4. The second-order valence-corrected chi connectivity index (χ2v) is 4.80. The first-order valence-electron chi connectivity index (χ1n) is 7.01. The Balaban J connectivity index is 1.73. The van der Waals surface area contributed by atoms with Gasteiger partial charge in [-0.1, -0.05) is 24.3 Å². The Labute approximate surface area is 132 Å². The number of hydrogen-bond donors (Lipinski definition) is 1. The van der Waals surface area contributed by atoms with Crippen molar-refractivity contribution in [1.29, 1.82) is 0 Å². The van der Waals surface area contributed by atoms with Gasteiger partial charge in [0.25, 0.3) is 5.91 Å². The molecule has 0 fully saturated rings. The molecule has 3 rings (SSSR count). The average molecular weight is 309 g/mol. The van der Waals surface area contributed by atoms with E-state index in [0.717, 1.165) is 11.3 Å². The van der Waals surface area contributed by atoms with Crippen LogP contribution in [0.5, 0.6) is 5.75 Å². The number of hydrogen-bond acceptors (Lipinski definition) is 5. The molecule has 0 saturated carbocycles. The average Bonchev–Trinajstić information content (AvgIpc) is 3.14. The molecule has 0 aliphatic carbocycles. The first-order valence-corrected chi connectivity index (χ1v) is 7.01. The van der Waals surface area contributed by atoms with Gasteiger partial charge in [-0.25, -0.2) is 0 Å². The van der Waals surface area contributed by atoms with Crippen molar-refractivity contribution in [2.45, 2.75) is 6.54 Å². The minimum atomic E-state index is -0.188. The molecule has 0 aliphatic heterocycles. The van der Waals surface area contributed by atoms with Crippen LogP contribution < -0.4 is 10.1 Å². The molecule has 1 heterocycles. The molecule has 0 unspecified atom stereocenters. The molecule has 1 amide bonds. The van der Waals surface area contributed by atoms with Crippen LogP contribution in [-0.4, -0.2) is 33.2 Å². The van der Waals surface area contributed by atoms with Gasteiger partial charge in [0.2, 0.25) is 0 Å². The quantitative estimate of drug-likeness (QED) is 0.774. The van der Waals surface area contributed by atoms with Crippen molar-refractivity contribution in [1.82, 2.24) is 25.5 Å². The van der Waals surface area contributed by atoms with E-state index in [-0.39, 0.29) is 5.91 Å². The van der Waals surface area contributed by atoms with Crippen LogP contribution in [0.2, 0.25) is 0 Å². The van der Waals surface area contributed by atoms with Crippen LogP contribution in [0.1, 0.15) is 15.9 Å². The number of aromatic nitrogens is 4. The van der Waals surface area contributed by atoms with Crippen LogP contribution in [0.15, 0.2) is 54.9 Å². The maximum Gasteiger partial charge on any atom is 0.253 e. The molecule has 7 heteroatoms. The lowest BCUT2D eigenvalue weighted by Crippen LogP contribution is -2.24. The summed E-state index contributed by atoms with van der Waals surface area (Å²) in [5.41, 5.74) is 2.12. The van der Waals surface area contributed by atoms with E-state index in [2.05, 4.69) is 20.8 Å². The number of carbonyl (C=O) groups excluding carboxylic acids is 1. The molecule has 0 bridgehead atoms. The lowest BCUT2D eigenvalue weighted by atomic mass is 10.1. The predicted molar refractivity (Wildman–Crippen MR) is 83.3 cm³/mol. The summed E-state index contributed by atoms with van der Waals surface area (Å²) in [7, 11) is 1.62. The zero-order valence-electron chi connectivity index (χ0n) is 12.5. The monoisotopic (exact) mass is 309 g/mol. The van der Waals surface area contributed by atoms with Crippen LogP contribution in [0.4, 0.5) is 0 Å². The van der Waals surface area contributed by atoms with Crippen molar-refractivity contribution in [3.8, 4) is 11.4 Å². The molecule has 2 aromatic carbocycles. The maximum atomic E-state index is 12.4. The van der Waals surface area contributed by atoms with Gasteiger partial charge in [-0.15, -0.1) is 5.10 Å². The Morgan fingerprint density at radius 3 is 2.65 bits per heavy atom. The maximum absolute atomic E-state index is 12.4. The molecule has 116 valence electrons. The number of amides is 1. The third kappa shape index (κ3) is 3.34. The van der Waals surface area contributed by atoms with Crippen molar-refractivity contribution in [2.24, 2.45) is 0 Å². The fourth-order valence-electron chi connectivity index (χ4n) is 2.16. The standard InChI is InChI=1S/C16H15N5O2/c1-23-13-8-6-12(7-9-13)10-17-16(22)14-4-2-3-5-15(14)21-11-18-19-20-21/h2-9,11H,10H2,1H3,(H,17,22). The number of rotatable bonds is 5. The van der Waals surface area contributed by atoms with Gasteiger partial charge in [-0.2, -0.15) is 4.68 Å². The molecular formula is C16H15N5O2. The third-order valence-corrected chi connectivity index (χ3v) is 3.36. The first-order chi connectivity index (χ1) is 11.3. The minimum absolute atomic E-state index is 0.188. The van der Waals surface area contributed by atoms with Crippen LogP contribution in [0.25, 0.3) is 5.69 Å². The van der Waals surface area contributed by atoms with E-state index in [1.165, 1.54) is 11.0 Å².